The van der Waals surface area contributed by atoms with Gasteiger partial charge in [-0.1, -0.05) is 0 Å². The normalized spacial score (nSPS) is 24.5. The van der Waals surface area contributed by atoms with Gasteiger partial charge in [0, 0.05) is 19.3 Å². The number of carbonyl (C=O) groups excluding carboxylic acids is 1. The van der Waals surface area contributed by atoms with E-state index in [0.29, 0.717) is 27.7 Å². The number of rotatable bonds is 4. The van der Waals surface area contributed by atoms with Crippen molar-refractivity contribution in [2.75, 3.05) is 56.2 Å². The van der Waals surface area contributed by atoms with Crippen LogP contribution in [0, 0.1) is 0 Å². The van der Waals surface area contributed by atoms with E-state index in [-0.39, 0.29) is 19.0 Å². The number of thiol groups is 1. The number of carbonyl (C=O) groups is 1. The molecule has 2 aromatic rings. The fourth-order valence-corrected chi connectivity index (χ4v) is 3.60. The lowest BCUT2D eigenvalue weighted by atomic mass is 10.1. The van der Waals surface area contributed by atoms with Crippen molar-refractivity contribution in [2.24, 2.45) is 0 Å². The molecule has 1 unspecified atom stereocenters. The molecule has 4 rings (SSSR count). The van der Waals surface area contributed by atoms with Gasteiger partial charge in [0.05, 0.1) is 38.4 Å². The molecular formula is C20H28F2N7OS+. The summed E-state index contributed by atoms with van der Waals surface area (Å²) in [4.78, 5) is 26.8. The molecule has 1 amide bonds. The van der Waals surface area contributed by atoms with Gasteiger partial charge in [-0.15, -0.1) is 0 Å². The van der Waals surface area contributed by atoms with E-state index in [2.05, 4.69) is 52.2 Å². The molecule has 168 valence electrons. The first kappa shape index (κ1) is 23.3. The summed E-state index contributed by atoms with van der Waals surface area (Å²) in [6, 6.07) is 3.50. The molecule has 0 aliphatic carbocycles. The molecule has 2 saturated heterocycles. The number of aromatic nitrogens is 3. The zero-order valence-electron chi connectivity index (χ0n) is 17.8. The average molecular weight is 453 g/mol. The van der Waals surface area contributed by atoms with Crippen molar-refractivity contribution in [1.29, 1.82) is 0 Å². The smallest absolute Gasteiger partial charge is 0.282 e. The zero-order chi connectivity index (χ0) is 22.6. The number of hydrogen-bond acceptors (Lipinski definition) is 7. The lowest BCUT2D eigenvalue weighted by molar-refractivity contribution is -0.0267. The van der Waals surface area contributed by atoms with Gasteiger partial charge in [-0.3, -0.25) is 9.28 Å². The van der Waals surface area contributed by atoms with Crippen LogP contribution in [0.5, 0.6) is 0 Å². The Morgan fingerprint density at radius 1 is 1.23 bits per heavy atom. The van der Waals surface area contributed by atoms with Crippen LogP contribution in [0.4, 0.5) is 26.2 Å². The van der Waals surface area contributed by atoms with E-state index in [9.17, 15) is 13.6 Å². The van der Waals surface area contributed by atoms with Crippen molar-refractivity contribution in [3.63, 3.8) is 0 Å². The molecule has 0 radical (unpaired) electrons. The van der Waals surface area contributed by atoms with Crippen molar-refractivity contribution in [2.45, 2.75) is 18.9 Å². The summed E-state index contributed by atoms with van der Waals surface area (Å²) < 4.78 is 26.6. The van der Waals surface area contributed by atoms with Crippen LogP contribution in [-0.4, -0.2) is 78.9 Å². The lowest BCUT2D eigenvalue weighted by Gasteiger charge is -2.41. The molecule has 0 spiro atoms. The standard InChI is InChI=1S/C19H23F2N7O.CH4S/c1-13-7-22-5-6-28(13,2)17-10-23-15(9-25-17)26-18(29)14-3-4-16(24-8-14)27-11-19(20,21)12-27;1-2/h3-4,8-10,13,22H,5-7,11-12H2,1-2H3;2H,1H3/p+1/t13-,28?;/m0./s1. The summed E-state index contributed by atoms with van der Waals surface area (Å²) in [6.07, 6.45) is 6.32. The Bertz CT molecular complexity index is 889. The summed E-state index contributed by atoms with van der Waals surface area (Å²) in [6.45, 7) is 4.22. The van der Waals surface area contributed by atoms with Gasteiger partial charge in [0.25, 0.3) is 11.8 Å². The number of nitrogens with one attached hydrogen (secondary N) is 2. The Labute approximate surface area is 186 Å². The maximum absolute atomic E-state index is 13.0. The predicted octanol–water partition coefficient (Wildman–Crippen LogP) is 2.05. The number of hydrogen-bond donors (Lipinski definition) is 3. The van der Waals surface area contributed by atoms with E-state index in [4.69, 9.17) is 0 Å². The number of likely N-dealkylation sites (N-methyl/N-ethyl adjacent to an activating group) is 1. The summed E-state index contributed by atoms with van der Waals surface area (Å²) in [5.41, 5.74) is 0.321. The molecule has 2 aliphatic rings. The number of anilines is 2. The Hall–Kier alpha value is -2.37. The van der Waals surface area contributed by atoms with Crippen molar-refractivity contribution in [1.82, 2.24) is 24.8 Å². The van der Waals surface area contributed by atoms with Crippen LogP contribution in [0.15, 0.2) is 30.7 Å². The fraction of sp³-hybridized carbons (Fsp3) is 0.500. The number of pyridine rings is 1. The number of nitrogens with zero attached hydrogens (tertiary/aromatic N) is 5. The van der Waals surface area contributed by atoms with E-state index >= 15 is 0 Å². The average Bonchev–Trinajstić information content (AvgIpc) is 2.76. The first-order chi connectivity index (χ1) is 14.8. The van der Waals surface area contributed by atoms with Gasteiger partial charge >= 0.3 is 0 Å². The molecule has 31 heavy (non-hydrogen) atoms. The first-order valence-electron chi connectivity index (χ1n) is 10.0. The second-order valence-electron chi connectivity index (χ2n) is 7.88. The summed E-state index contributed by atoms with van der Waals surface area (Å²) in [7, 11) is 2.13. The Morgan fingerprint density at radius 2 is 1.97 bits per heavy atom. The number of alkyl halides is 2. The highest BCUT2D eigenvalue weighted by Gasteiger charge is 2.44. The highest BCUT2D eigenvalue weighted by Crippen LogP contribution is 2.30. The molecular weight excluding hydrogens is 424 g/mol. The number of halogens is 2. The van der Waals surface area contributed by atoms with Gasteiger partial charge in [-0.05, 0) is 25.3 Å². The Kier molecular flexibility index (Phi) is 7.07. The molecule has 0 bridgehead atoms. The summed E-state index contributed by atoms with van der Waals surface area (Å²) >= 11 is 3.53. The molecule has 2 fully saturated rings. The fourth-order valence-electron chi connectivity index (χ4n) is 3.60. The van der Waals surface area contributed by atoms with Crippen LogP contribution in [-0.2, 0) is 0 Å². The maximum atomic E-state index is 13.0. The van der Waals surface area contributed by atoms with Crippen LogP contribution in [0.3, 0.4) is 0 Å². The minimum Gasteiger partial charge on any atom is -0.344 e. The number of piperazine rings is 1. The predicted molar refractivity (Wildman–Crippen MR) is 121 cm³/mol. The van der Waals surface area contributed by atoms with E-state index in [1.165, 1.54) is 11.1 Å². The van der Waals surface area contributed by atoms with Gasteiger partial charge in [-0.25, -0.2) is 18.7 Å². The van der Waals surface area contributed by atoms with Gasteiger partial charge in [0.15, 0.2) is 5.82 Å². The number of amides is 1. The topological polar surface area (TPSA) is 83.0 Å². The largest absolute Gasteiger partial charge is 0.344 e. The van der Waals surface area contributed by atoms with Gasteiger partial charge in [0.1, 0.15) is 18.1 Å². The molecule has 2 N–H and O–H groups in total. The third kappa shape index (κ3) is 5.10. The van der Waals surface area contributed by atoms with Crippen LogP contribution in [0.2, 0.25) is 0 Å². The van der Waals surface area contributed by atoms with Crippen LogP contribution in [0.1, 0.15) is 17.3 Å². The van der Waals surface area contributed by atoms with E-state index < -0.39 is 5.92 Å². The van der Waals surface area contributed by atoms with Gasteiger partial charge < -0.3 is 15.5 Å². The maximum Gasteiger partial charge on any atom is 0.282 e. The second kappa shape index (κ2) is 9.41. The third-order valence-electron chi connectivity index (χ3n) is 5.75. The quantitative estimate of drug-likeness (QED) is 0.487. The van der Waals surface area contributed by atoms with Gasteiger partial charge in [0.2, 0.25) is 5.82 Å². The minimum absolute atomic E-state index is 0.321. The molecule has 8 nitrogen and oxygen atoms in total. The van der Waals surface area contributed by atoms with Crippen molar-refractivity contribution >= 4 is 36.0 Å². The minimum atomic E-state index is -2.66. The molecule has 2 aliphatic heterocycles. The van der Waals surface area contributed by atoms with E-state index in [1.54, 1.807) is 30.8 Å². The van der Waals surface area contributed by atoms with Crippen LogP contribution < -0.4 is 20.0 Å². The molecule has 11 heteroatoms. The monoisotopic (exact) mass is 452 g/mol. The molecule has 4 heterocycles. The zero-order valence-corrected chi connectivity index (χ0v) is 18.7. The molecule has 2 atom stereocenters. The molecule has 0 saturated carbocycles. The van der Waals surface area contributed by atoms with Crippen molar-refractivity contribution in [3.8, 4) is 0 Å². The van der Waals surface area contributed by atoms with Crippen molar-refractivity contribution < 1.29 is 13.6 Å². The van der Waals surface area contributed by atoms with Crippen LogP contribution >= 0.6 is 12.6 Å². The summed E-state index contributed by atoms with van der Waals surface area (Å²) in [5.74, 6) is -1.41. The molecule has 2 aromatic heterocycles. The van der Waals surface area contributed by atoms with Gasteiger partial charge in [-0.2, -0.15) is 17.6 Å². The second-order valence-corrected chi connectivity index (χ2v) is 7.88. The lowest BCUT2D eigenvalue weighted by Crippen LogP contribution is -2.63. The van der Waals surface area contributed by atoms with E-state index in [1.807, 2.05) is 0 Å². The van der Waals surface area contributed by atoms with Crippen molar-refractivity contribution in [3.05, 3.63) is 36.3 Å². The van der Waals surface area contributed by atoms with Crippen LogP contribution in [0.25, 0.3) is 0 Å². The summed E-state index contributed by atoms with van der Waals surface area (Å²) in [5, 5.41) is 6.07. The highest BCUT2D eigenvalue weighted by atomic mass is 32.1. The number of quaternary nitrogens is 1. The first-order valence-corrected chi connectivity index (χ1v) is 10.9. The highest BCUT2D eigenvalue weighted by molar-refractivity contribution is 7.79. The Balaban J connectivity index is 0.00000132. The Morgan fingerprint density at radius 3 is 2.52 bits per heavy atom. The SMILES string of the molecule is CS.C[C@H]1CNCC[N+]1(C)c1cnc(NC(=O)c2ccc(N3CC(F)(F)C3)nc2)cn1. The third-order valence-corrected chi connectivity index (χ3v) is 5.75. The molecule has 0 aromatic carbocycles. The van der Waals surface area contributed by atoms with E-state index in [0.717, 1.165) is 25.5 Å².